The van der Waals surface area contributed by atoms with E-state index in [2.05, 4.69) is 25.9 Å². The third kappa shape index (κ3) is 8.00. The highest BCUT2D eigenvalue weighted by Crippen LogP contribution is 2.26. The normalized spacial score (nSPS) is 12.0. The van der Waals surface area contributed by atoms with Crippen LogP contribution >= 0.6 is 0 Å². The Morgan fingerprint density at radius 2 is 1.72 bits per heavy atom. The molecule has 0 aliphatic carbocycles. The number of carboxylic acids is 1. The van der Waals surface area contributed by atoms with Gasteiger partial charge in [0.2, 0.25) is 5.82 Å². The number of nitrogens with one attached hydrogen (secondary N) is 2. The van der Waals surface area contributed by atoms with Crippen LogP contribution in [0.2, 0.25) is 0 Å². The number of aliphatic carboxylic acids is 1. The number of halogens is 3. The molecule has 2 amide bonds. The monoisotopic (exact) mass is 648 g/mol. The smallest absolute Gasteiger partial charge is 0.412 e. The molecule has 2 aromatic heterocycles. The molecule has 5 rings (SSSR count). The highest BCUT2D eigenvalue weighted by Gasteiger charge is 2.24. The Kier molecular flexibility index (Phi) is 9.08. The molecule has 1 atom stereocenters. The molecule has 47 heavy (non-hydrogen) atoms. The molecule has 242 valence electrons. The number of nitrogens with zero attached hydrogens (tertiary/aromatic N) is 4. The maximum Gasteiger partial charge on any atom is 0.412 e. The van der Waals surface area contributed by atoms with Crippen LogP contribution in [0.15, 0.2) is 77.6 Å². The van der Waals surface area contributed by atoms with Gasteiger partial charge in [-0.3, -0.25) is 10.1 Å². The van der Waals surface area contributed by atoms with Crippen molar-refractivity contribution in [3.05, 3.63) is 102 Å². The minimum Gasteiger partial charge on any atom is -0.480 e. The molecule has 0 fully saturated rings. The number of aromatic nitrogens is 4. The SMILES string of the molecule is CC(C)(C)OC(=O)Nc1ccc(-c2nc(-c3ccc(CC(NC(=O)c4cnn(-c5ccc(F)c(F)c5)c4)C(=O)O)cc3F)no2)cc1. The van der Waals surface area contributed by atoms with Crippen molar-refractivity contribution in [3.8, 4) is 28.5 Å². The van der Waals surface area contributed by atoms with Crippen LogP contribution in [0.1, 0.15) is 36.7 Å². The fourth-order valence-corrected chi connectivity index (χ4v) is 4.32. The summed E-state index contributed by atoms with van der Waals surface area (Å²) in [4.78, 5) is 40.9. The number of hydrogen-bond donors (Lipinski definition) is 3. The van der Waals surface area contributed by atoms with Crippen LogP contribution in [0.25, 0.3) is 28.5 Å². The Morgan fingerprint density at radius 3 is 2.38 bits per heavy atom. The number of carbonyl (C=O) groups is 3. The quantitative estimate of drug-likeness (QED) is 0.180. The summed E-state index contributed by atoms with van der Waals surface area (Å²) in [7, 11) is 0. The molecule has 3 aromatic carbocycles. The van der Waals surface area contributed by atoms with Gasteiger partial charge in [0.25, 0.3) is 11.8 Å². The zero-order valence-electron chi connectivity index (χ0n) is 25.1. The predicted octanol–water partition coefficient (Wildman–Crippen LogP) is 5.78. The van der Waals surface area contributed by atoms with Crippen molar-refractivity contribution in [1.29, 1.82) is 0 Å². The van der Waals surface area contributed by atoms with Crippen molar-refractivity contribution in [1.82, 2.24) is 25.2 Å². The van der Waals surface area contributed by atoms with E-state index in [4.69, 9.17) is 9.26 Å². The van der Waals surface area contributed by atoms with Crippen LogP contribution in [0.3, 0.4) is 0 Å². The van der Waals surface area contributed by atoms with Gasteiger partial charge in [0.1, 0.15) is 17.5 Å². The number of carboxylic acid groups (broad SMARTS) is 1. The van der Waals surface area contributed by atoms with Crippen LogP contribution in [-0.2, 0) is 16.0 Å². The first-order valence-corrected chi connectivity index (χ1v) is 14.0. The number of ether oxygens (including phenoxy) is 1. The third-order valence-electron chi connectivity index (χ3n) is 6.53. The van der Waals surface area contributed by atoms with Crippen LogP contribution in [0.4, 0.5) is 23.7 Å². The molecule has 0 radical (unpaired) electrons. The standard InChI is InChI=1S/C32H27F3N6O6/c1-32(2,3)46-31(45)37-20-7-5-18(6-8-20)29-39-27(40-47-29)22-10-4-17(12-24(22)34)13-26(30(43)44)38-28(42)19-15-36-41(16-19)21-9-11-23(33)25(35)14-21/h4-12,14-16,26H,13H2,1-3H3,(H,37,45)(H,38,42)(H,43,44). The summed E-state index contributed by atoms with van der Waals surface area (Å²) < 4.78 is 53.6. The minimum atomic E-state index is -1.44. The van der Waals surface area contributed by atoms with Gasteiger partial charge in [0.05, 0.1) is 23.0 Å². The van der Waals surface area contributed by atoms with Gasteiger partial charge >= 0.3 is 12.1 Å². The van der Waals surface area contributed by atoms with Gasteiger partial charge in [0.15, 0.2) is 11.6 Å². The number of carbonyl (C=O) groups excluding carboxylic acids is 2. The number of anilines is 1. The Bertz CT molecular complexity index is 1950. The molecular formula is C32H27F3N6O6. The van der Waals surface area contributed by atoms with E-state index in [1.165, 1.54) is 24.4 Å². The fraction of sp³-hybridized carbons (Fsp3) is 0.188. The lowest BCUT2D eigenvalue weighted by molar-refractivity contribution is -0.139. The third-order valence-corrected chi connectivity index (χ3v) is 6.53. The number of amides is 2. The van der Waals surface area contributed by atoms with Gasteiger partial charge < -0.3 is 19.7 Å². The second kappa shape index (κ2) is 13.2. The average Bonchev–Trinajstić information content (AvgIpc) is 3.69. The molecule has 2 heterocycles. The van der Waals surface area contributed by atoms with Crippen LogP contribution in [-0.4, -0.2) is 54.6 Å². The van der Waals surface area contributed by atoms with E-state index in [1.807, 2.05) is 0 Å². The van der Waals surface area contributed by atoms with E-state index in [0.29, 0.717) is 11.3 Å². The summed E-state index contributed by atoms with van der Waals surface area (Å²) in [6, 6.07) is 12.0. The molecule has 15 heteroatoms. The molecule has 0 saturated carbocycles. The van der Waals surface area contributed by atoms with Crippen molar-refractivity contribution in [2.75, 3.05) is 5.32 Å². The molecule has 0 saturated heterocycles. The lowest BCUT2D eigenvalue weighted by Gasteiger charge is -2.19. The number of benzene rings is 3. The first-order valence-electron chi connectivity index (χ1n) is 14.0. The maximum absolute atomic E-state index is 15.2. The van der Waals surface area contributed by atoms with Gasteiger partial charge in [-0.25, -0.2) is 27.4 Å². The zero-order valence-corrected chi connectivity index (χ0v) is 25.1. The second-order valence-electron chi connectivity index (χ2n) is 11.3. The summed E-state index contributed by atoms with van der Waals surface area (Å²) in [5.41, 5.74) is 0.677. The fourth-order valence-electron chi connectivity index (χ4n) is 4.32. The lowest BCUT2D eigenvalue weighted by atomic mass is 10.0. The summed E-state index contributed by atoms with van der Waals surface area (Å²) in [5.74, 6) is -5.03. The Morgan fingerprint density at radius 1 is 0.979 bits per heavy atom. The maximum atomic E-state index is 15.2. The summed E-state index contributed by atoms with van der Waals surface area (Å²) in [6.45, 7) is 5.24. The molecule has 5 aromatic rings. The van der Waals surface area contributed by atoms with E-state index in [9.17, 15) is 28.3 Å². The van der Waals surface area contributed by atoms with Gasteiger partial charge in [-0.2, -0.15) is 10.1 Å². The van der Waals surface area contributed by atoms with Crippen molar-refractivity contribution in [2.45, 2.75) is 38.8 Å². The van der Waals surface area contributed by atoms with Crippen LogP contribution in [0, 0.1) is 17.5 Å². The van der Waals surface area contributed by atoms with Gasteiger partial charge in [-0.05, 0) is 74.9 Å². The van der Waals surface area contributed by atoms with Crippen molar-refractivity contribution >= 4 is 23.7 Å². The van der Waals surface area contributed by atoms with Crippen molar-refractivity contribution < 1.29 is 41.9 Å². The summed E-state index contributed by atoms with van der Waals surface area (Å²) >= 11 is 0. The van der Waals surface area contributed by atoms with E-state index in [-0.39, 0.29) is 40.5 Å². The van der Waals surface area contributed by atoms with E-state index < -0.39 is 47.1 Å². The second-order valence-corrected chi connectivity index (χ2v) is 11.3. The number of hydrogen-bond acceptors (Lipinski definition) is 8. The highest BCUT2D eigenvalue weighted by molar-refractivity contribution is 5.96. The summed E-state index contributed by atoms with van der Waals surface area (Å²) in [5, 5.41) is 22.5. The lowest BCUT2D eigenvalue weighted by Crippen LogP contribution is -2.42. The minimum absolute atomic E-state index is 0.00693. The predicted molar refractivity (Wildman–Crippen MR) is 161 cm³/mol. The highest BCUT2D eigenvalue weighted by atomic mass is 19.2. The topological polar surface area (TPSA) is 161 Å². The molecule has 0 aliphatic rings. The van der Waals surface area contributed by atoms with Crippen LogP contribution in [0.5, 0.6) is 0 Å². The first-order chi connectivity index (χ1) is 22.3. The molecule has 3 N–H and O–H groups in total. The van der Waals surface area contributed by atoms with Gasteiger partial charge in [-0.15, -0.1) is 0 Å². The van der Waals surface area contributed by atoms with Crippen molar-refractivity contribution in [2.24, 2.45) is 0 Å². The zero-order chi connectivity index (χ0) is 33.9. The van der Waals surface area contributed by atoms with E-state index >= 15 is 4.39 Å². The molecule has 0 aliphatic heterocycles. The molecule has 0 bridgehead atoms. The van der Waals surface area contributed by atoms with Crippen molar-refractivity contribution in [3.63, 3.8) is 0 Å². The number of rotatable bonds is 9. The molecule has 0 spiro atoms. The Balaban J connectivity index is 1.23. The Hall–Kier alpha value is -5.99. The van der Waals surface area contributed by atoms with Crippen LogP contribution < -0.4 is 10.6 Å². The largest absolute Gasteiger partial charge is 0.480 e. The van der Waals surface area contributed by atoms with E-state index in [1.54, 1.807) is 45.0 Å². The first kappa shape index (κ1) is 32.4. The van der Waals surface area contributed by atoms with Gasteiger partial charge in [0, 0.05) is 29.9 Å². The molecule has 1 unspecified atom stereocenters. The molecular weight excluding hydrogens is 621 g/mol. The summed E-state index contributed by atoms with van der Waals surface area (Å²) in [6.07, 6.45) is 1.48. The van der Waals surface area contributed by atoms with E-state index in [0.717, 1.165) is 29.1 Å². The average molecular weight is 649 g/mol. The Labute approximate surface area is 265 Å². The van der Waals surface area contributed by atoms with Gasteiger partial charge in [-0.1, -0.05) is 11.2 Å². The molecule has 12 nitrogen and oxygen atoms in total.